The van der Waals surface area contributed by atoms with E-state index in [-0.39, 0.29) is 11.5 Å². The Morgan fingerprint density at radius 3 is 3.06 bits per heavy atom. The number of aromatic nitrogens is 1. The maximum absolute atomic E-state index is 6.13. The van der Waals surface area contributed by atoms with Gasteiger partial charge in [0.15, 0.2) is 0 Å². The predicted molar refractivity (Wildman–Crippen MR) is 64.5 cm³/mol. The number of ether oxygens (including phenoxy) is 1. The van der Waals surface area contributed by atoms with Crippen LogP contribution in [-0.2, 0) is 11.2 Å². The van der Waals surface area contributed by atoms with Crippen LogP contribution in [0.1, 0.15) is 18.9 Å². The molecule has 0 aromatic carbocycles. The van der Waals surface area contributed by atoms with E-state index in [1.165, 1.54) is 0 Å². The van der Waals surface area contributed by atoms with Gasteiger partial charge < -0.3 is 10.5 Å². The van der Waals surface area contributed by atoms with Gasteiger partial charge in [0.1, 0.15) is 0 Å². The largest absolute Gasteiger partial charge is 0.378 e. The first-order valence-corrected chi connectivity index (χ1v) is 5.96. The topological polar surface area (TPSA) is 48.1 Å². The summed E-state index contributed by atoms with van der Waals surface area (Å²) in [5.41, 5.74) is 7.06. The van der Waals surface area contributed by atoms with Crippen LogP contribution in [0.2, 0.25) is 5.02 Å². The summed E-state index contributed by atoms with van der Waals surface area (Å²) in [4.78, 5) is 3.99. The van der Waals surface area contributed by atoms with Crippen LogP contribution >= 0.6 is 11.6 Å². The molecule has 1 saturated heterocycles. The van der Waals surface area contributed by atoms with Crippen LogP contribution < -0.4 is 5.73 Å². The van der Waals surface area contributed by atoms with Crippen LogP contribution in [0.25, 0.3) is 0 Å². The molecular weight excluding hydrogens is 224 g/mol. The molecule has 1 aromatic rings. The number of halogens is 1. The fourth-order valence-corrected chi connectivity index (χ4v) is 2.50. The molecule has 0 amide bonds. The second-order valence-electron chi connectivity index (χ2n) is 4.47. The minimum Gasteiger partial charge on any atom is -0.378 e. The second-order valence-corrected chi connectivity index (χ2v) is 4.88. The van der Waals surface area contributed by atoms with Gasteiger partial charge in [-0.25, -0.2) is 0 Å². The first kappa shape index (κ1) is 11.8. The minimum atomic E-state index is 0.0327. The van der Waals surface area contributed by atoms with Gasteiger partial charge in [0, 0.05) is 31.0 Å². The number of pyridine rings is 1. The maximum atomic E-state index is 6.13. The summed E-state index contributed by atoms with van der Waals surface area (Å²) >= 11 is 6.13. The third-order valence-electron chi connectivity index (χ3n) is 3.64. The van der Waals surface area contributed by atoms with Crippen LogP contribution in [0.3, 0.4) is 0 Å². The third kappa shape index (κ3) is 2.08. The van der Waals surface area contributed by atoms with E-state index in [1.54, 1.807) is 12.4 Å². The Morgan fingerprint density at radius 2 is 2.50 bits per heavy atom. The van der Waals surface area contributed by atoms with E-state index in [0.717, 1.165) is 30.0 Å². The van der Waals surface area contributed by atoms with Crippen molar-refractivity contribution in [2.24, 2.45) is 11.1 Å². The Hall–Kier alpha value is -0.640. The Morgan fingerprint density at radius 1 is 1.69 bits per heavy atom. The van der Waals surface area contributed by atoms with Crippen LogP contribution in [-0.4, -0.2) is 24.2 Å². The van der Waals surface area contributed by atoms with Gasteiger partial charge >= 0.3 is 0 Å². The molecule has 4 heteroatoms. The van der Waals surface area contributed by atoms with E-state index >= 15 is 0 Å². The van der Waals surface area contributed by atoms with E-state index in [0.29, 0.717) is 6.54 Å². The zero-order chi connectivity index (χ0) is 11.6. The lowest BCUT2D eigenvalue weighted by Gasteiger charge is -2.31. The molecule has 2 atom stereocenters. The van der Waals surface area contributed by atoms with E-state index in [4.69, 9.17) is 22.1 Å². The van der Waals surface area contributed by atoms with Gasteiger partial charge in [-0.05, 0) is 31.4 Å². The van der Waals surface area contributed by atoms with E-state index in [1.807, 2.05) is 6.07 Å². The zero-order valence-electron chi connectivity index (χ0n) is 9.45. The van der Waals surface area contributed by atoms with Gasteiger partial charge in [-0.15, -0.1) is 0 Å². The standard InChI is InChI=1S/C12H17ClN2O/c1-9-12(8-14,3-5-16-9)6-10-2-4-15-7-11(10)13/h2,4,7,9H,3,5-6,8,14H2,1H3. The molecule has 16 heavy (non-hydrogen) atoms. The second kappa shape index (κ2) is 4.70. The van der Waals surface area contributed by atoms with Crippen molar-refractivity contribution in [3.05, 3.63) is 29.0 Å². The normalized spacial score (nSPS) is 29.6. The summed E-state index contributed by atoms with van der Waals surface area (Å²) in [6.07, 6.45) is 5.52. The molecule has 0 aliphatic carbocycles. The molecule has 0 radical (unpaired) electrons. The predicted octanol–water partition coefficient (Wildman–Crippen LogP) is 2.03. The minimum absolute atomic E-state index is 0.0327. The molecule has 2 unspecified atom stereocenters. The molecule has 0 spiro atoms. The van der Waals surface area contributed by atoms with Crippen LogP contribution in [0.15, 0.2) is 18.5 Å². The molecule has 1 aliphatic rings. The van der Waals surface area contributed by atoms with Crippen molar-refractivity contribution in [1.29, 1.82) is 0 Å². The van der Waals surface area contributed by atoms with Crippen molar-refractivity contribution in [2.45, 2.75) is 25.9 Å². The summed E-state index contributed by atoms with van der Waals surface area (Å²) in [6.45, 7) is 3.52. The fourth-order valence-electron chi connectivity index (χ4n) is 2.32. The summed E-state index contributed by atoms with van der Waals surface area (Å²) in [5.74, 6) is 0. The highest BCUT2D eigenvalue weighted by atomic mass is 35.5. The molecule has 88 valence electrons. The van der Waals surface area contributed by atoms with Crippen LogP contribution in [0, 0.1) is 5.41 Å². The number of rotatable bonds is 3. The smallest absolute Gasteiger partial charge is 0.0621 e. The molecule has 3 nitrogen and oxygen atoms in total. The molecule has 0 bridgehead atoms. The lowest BCUT2D eigenvalue weighted by molar-refractivity contribution is 0.0674. The van der Waals surface area contributed by atoms with E-state index in [2.05, 4.69) is 11.9 Å². The summed E-state index contributed by atoms with van der Waals surface area (Å²) in [6, 6.07) is 1.96. The Balaban J connectivity index is 2.22. The van der Waals surface area contributed by atoms with E-state index < -0.39 is 0 Å². The SMILES string of the molecule is CC1OCCC1(CN)Cc1ccncc1Cl. The Labute approximate surface area is 101 Å². The number of hydrogen-bond acceptors (Lipinski definition) is 3. The molecule has 1 aromatic heterocycles. The Kier molecular flexibility index (Phi) is 3.47. The highest BCUT2D eigenvalue weighted by molar-refractivity contribution is 6.31. The highest BCUT2D eigenvalue weighted by Crippen LogP contribution is 2.38. The average molecular weight is 241 g/mol. The highest BCUT2D eigenvalue weighted by Gasteiger charge is 2.40. The molecule has 2 heterocycles. The maximum Gasteiger partial charge on any atom is 0.0621 e. The molecule has 0 saturated carbocycles. The van der Waals surface area contributed by atoms with Crippen LogP contribution in [0.4, 0.5) is 0 Å². The van der Waals surface area contributed by atoms with Gasteiger partial charge in [-0.2, -0.15) is 0 Å². The lowest BCUT2D eigenvalue weighted by Crippen LogP contribution is -2.38. The Bertz CT molecular complexity index is 372. The molecule has 1 fully saturated rings. The van der Waals surface area contributed by atoms with Gasteiger partial charge in [0.2, 0.25) is 0 Å². The van der Waals surface area contributed by atoms with Gasteiger partial charge in [0.25, 0.3) is 0 Å². The first-order valence-electron chi connectivity index (χ1n) is 5.58. The number of nitrogens with two attached hydrogens (primary N) is 1. The van der Waals surface area contributed by atoms with E-state index in [9.17, 15) is 0 Å². The summed E-state index contributed by atoms with van der Waals surface area (Å²) in [5, 5.41) is 0.717. The fraction of sp³-hybridized carbons (Fsp3) is 0.583. The average Bonchev–Trinajstić information content (AvgIpc) is 2.64. The van der Waals surface area contributed by atoms with Crippen molar-refractivity contribution in [3.8, 4) is 0 Å². The van der Waals surface area contributed by atoms with Crippen molar-refractivity contribution in [2.75, 3.05) is 13.2 Å². The summed E-state index contributed by atoms with van der Waals surface area (Å²) in [7, 11) is 0. The van der Waals surface area contributed by atoms with Crippen LogP contribution in [0.5, 0.6) is 0 Å². The molecule has 2 rings (SSSR count). The quantitative estimate of drug-likeness (QED) is 0.880. The number of hydrogen-bond donors (Lipinski definition) is 1. The van der Waals surface area contributed by atoms with Gasteiger partial charge in [-0.3, -0.25) is 4.98 Å². The third-order valence-corrected chi connectivity index (χ3v) is 3.98. The number of nitrogens with zero attached hydrogens (tertiary/aromatic N) is 1. The summed E-state index contributed by atoms with van der Waals surface area (Å²) < 4.78 is 5.63. The molecule has 2 N–H and O–H groups in total. The molecule has 1 aliphatic heterocycles. The molecular formula is C12H17ClN2O. The first-order chi connectivity index (χ1) is 7.68. The monoisotopic (exact) mass is 240 g/mol. The van der Waals surface area contributed by atoms with Gasteiger partial charge in [0.05, 0.1) is 11.1 Å². The van der Waals surface area contributed by atoms with Crippen molar-refractivity contribution < 1.29 is 4.74 Å². The van der Waals surface area contributed by atoms with Crippen molar-refractivity contribution in [3.63, 3.8) is 0 Å². The van der Waals surface area contributed by atoms with Gasteiger partial charge in [-0.1, -0.05) is 11.6 Å². The van der Waals surface area contributed by atoms with Crippen molar-refractivity contribution >= 4 is 11.6 Å². The lowest BCUT2D eigenvalue weighted by atomic mass is 9.76. The van der Waals surface area contributed by atoms with Crippen molar-refractivity contribution in [1.82, 2.24) is 4.98 Å². The zero-order valence-corrected chi connectivity index (χ0v) is 10.2.